The number of methoxy groups -OCH3 is 1. The van der Waals surface area contributed by atoms with E-state index in [0.717, 1.165) is 54.0 Å². The number of fused-ring (bicyclic) bond motifs is 1. The van der Waals surface area contributed by atoms with E-state index in [4.69, 9.17) is 4.74 Å². The Bertz CT molecular complexity index is 1110. The topological polar surface area (TPSA) is 36.0 Å². The summed E-state index contributed by atoms with van der Waals surface area (Å²) in [5.74, 6) is 0.999. The van der Waals surface area contributed by atoms with Crippen LogP contribution in [0.5, 0.6) is 5.75 Å². The summed E-state index contributed by atoms with van der Waals surface area (Å²) in [6.07, 6.45) is 0. The van der Waals surface area contributed by atoms with E-state index in [-0.39, 0.29) is 5.91 Å². The number of hydrogen-bond acceptors (Lipinski definition) is 6. The number of para-hydroxylation sites is 1. The average molecular weight is 466 g/mol. The largest absolute Gasteiger partial charge is 0.497 e. The number of ether oxygens (including phenoxy) is 1. The molecule has 0 saturated carbocycles. The number of benzene rings is 2. The normalized spacial score (nSPS) is 18.4. The lowest BCUT2D eigenvalue weighted by molar-refractivity contribution is 0.0751. The number of carbonyl (C=O) groups excluding carboxylic acids is 1. The number of piperazine rings is 1. The van der Waals surface area contributed by atoms with Gasteiger partial charge in [-0.25, -0.2) is 0 Å². The third-order valence-corrected chi connectivity index (χ3v) is 8.22. The lowest BCUT2D eigenvalue weighted by Crippen LogP contribution is -2.48. The summed E-state index contributed by atoms with van der Waals surface area (Å²) >= 11 is 3.53. The summed E-state index contributed by atoms with van der Waals surface area (Å²) in [7, 11) is 1.69. The minimum absolute atomic E-state index is 0.138. The van der Waals surface area contributed by atoms with E-state index in [1.54, 1.807) is 18.4 Å². The van der Waals surface area contributed by atoms with Gasteiger partial charge in [-0.1, -0.05) is 25.1 Å². The Balaban J connectivity index is 1.27. The molecule has 0 radical (unpaired) electrons. The SMILES string of the molecule is COc1cccc(N2CCN(C(=O)c3ccc(N4C[C@@H](C)Sc5ccccc54)s3)CC2)c1. The Morgan fingerprint density at radius 3 is 2.62 bits per heavy atom. The number of hydrogen-bond donors (Lipinski definition) is 0. The highest BCUT2D eigenvalue weighted by atomic mass is 32.2. The van der Waals surface area contributed by atoms with Gasteiger partial charge in [0.05, 0.1) is 22.7 Å². The van der Waals surface area contributed by atoms with Crippen molar-refractivity contribution >= 4 is 45.4 Å². The van der Waals surface area contributed by atoms with Crippen LogP contribution >= 0.6 is 23.1 Å². The molecule has 3 heterocycles. The van der Waals surface area contributed by atoms with Crippen molar-refractivity contribution in [3.8, 4) is 5.75 Å². The zero-order valence-corrected chi connectivity index (χ0v) is 20.0. The summed E-state index contributed by atoms with van der Waals surface area (Å²) in [6, 6.07) is 20.8. The molecule has 5 rings (SSSR count). The monoisotopic (exact) mass is 465 g/mol. The first-order valence-corrected chi connectivity index (χ1v) is 12.6. The Kier molecular flexibility index (Phi) is 6.02. The first-order chi connectivity index (χ1) is 15.6. The number of anilines is 3. The third-order valence-electron chi connectivity index (χ3n) is 5.98. The fraction of sp³-hybridized carbons (Fsp3) is 0.320. The molecule has 166 valence electrons. The van der Waals surface area contributed by atoms with Crippen molar-refractivity contribution in [2.45, 2.75) is 17.1 Å². The predicted octanol–water partition coefficient (Wildman–Crippen LogP) is 5.35. The van der Waals surface area contributed by atoms with E-state index in [1.165, 1.54) is 10.6 Å². The predicted molar refractivity (Wildman–Crippen MR) is 134 cm³/mol. The summed E-state index contributed by atoms with van der Waals surface area (Å²) in [5.41, 5.74) is 2.38. The van der Waals surface area contributed by atoms with E-state index < -0.39 is 0 Å². The summed E-state index contributed by atoms with van der Waals surface area (Å²) in [4.78, 5) is 22.0. The highest BCUT2D eigenvalue weighted by Gasteiger charge is 2.27. The number of carbonyl (C=O) groups is 1. The van der Waals surface area contributed by atoms with Gasteiger partial charge in [-0.15, -0.1) is 23.1 Å². The molecule has 2 aliphatic heterocycles. The van der Waals surface area contributed by atoms with Gasteiger partial charge in [0.1, 0.15) is 5.75 Å². The van der Waals surface area contributed by atoms with Gasteiger partial charge >= 0.3 is 0 Å². The number of rotatable bonds is 4. The molecule has 0 unspecified atom stereocenters. The van der Waals surface area contributed by atoms with Crippen molar-refractivity contribution in [1.29, 1.82) is 0 Å². The molecular formula is C25H27N3O2S2. The van der Waals surface area contributed by atoms with Crippen molar-refractivity contribution in [3.63, 3.8) is 0 Å². The van der Waals surface area contributed by atoms with E-state index in [1.807, 2.05) is 34.9 Å². The van der Waals surface area contributed by atoms with Crippen LogP contribution in [0.4, 0.5) is 16.4 Å². The van der Waals surface area contributed by atoms with Crippen LogP contribution < -0.4 is 14.5 Å². The molecule has 0 bridgehead atoms. The summed E-state index contributed by atoms with van der Waals surface area (Å²) < 4.78 is 5.35. The molecule has 0 aliphatic carbocycles. The Morgan fingerprint density at radius 1 is 1.00 bits per heavy atom. The van der Waals surface area contributed by atoms with Gasteiger partial charge in [0.25, 0.3) is 5.91 Å². The zero-order chi connectivity index (χ0) is 22.1. The van der Waals surface area contributed by atoms with E-state index in [9.17, 15) is 4.79 Å². The number of amides is 1. The average Bonchev–Trinajstić information content (AvgIpc) is 3.33. The summed E-state index contributed by atoms with van der Waals surface area (Å²) in [5, 5.41) is 1.65. The van der Waals surface area contributed by atoms with Gasteiger partial charge in [0.15, 0.2) is 0 Å². The third kappa shape index (κ3) is 4.19. The minimum atomic E-state index is 0.138. The zero-order valence-electron chi connectivity index (χ0n) is 18.4. The first kappa shape index (κ1) is 21.2. The highest BCUT2D eigenvalue weighted by molar-refractivity contribution is 8.00. The Morgan fingerprint density at radius 2 is 1.81 bits per heavy atom. The molecule has 0 spiro atoms. The molecule has 1 atom stereocenters. The van der Waals surface area contributed by atoms with E-state index in [2.05, 4.69) is 59.2 Å². The van der Waals surface area contributed by atoms with E-state index >= 15 is 0 Å². The standard InChI is InChI=1S/C25H27N3O2S2/c1-18-17-28(21-8-3-4-9-22(21)31-18)24-11-10-23(32-24)25(29)27-14-12-26(13-15-27)19-6-5-7-20(16-19)30-2/h3-11,16,18H,12-15,17H2,1-2H3/t18-/m1/s1. The molecular weight excluding hydrogens is 438 g/mol. The summed E-state index contributed by atoms with van der Waals surface area (Å²) in [6.45, 7) is 6.31. The first-order valence-electron chi connectivity index (χ1n) is 10.9. The molecule has 5 nitrogen and oxygen atoms in total. The lowest BCUT2D eigenvalue weighted by atomic mass is 10.2. The highest BCUT2D eigenvalue weighted by Crippen LogP contribution is 2.43. The Labute approximate surface area is 197 Å². The molecule has 7 heteroatoms. The van der Waals surface area contributed by atoms with Crippen molar-refractivity contribution in [2.24, 2.45) is 0 Å². The molecule has 3 aromatic rings. The van der Waals surface area contributed by atoms with Crippen LogP contribution in [0.3, 0.4) is 0 Å². The second-order valence-electron chi connectivity index (χ2n) is 8.13. The molecule has 0 N–H and O–H groups in total. The fourth-order valence-electron chi connectivity index (χ4n) is 4.32. The van der Waals surface area contributed by atoms with Crippen molar-refractivity contribution in [3.05, 3.63) is 65.5 Å². The van der Waals surface area contributed by atoms with Crippen LogP contribution in [0.2, 0.25) is 0 Å². The van der Waals surface area contributed by atoms with Crippen LogP contribution in [-0.2, 0) is 0 Å². The van der Waals surface area contributed by atoms with Crippen LogP contribution in [0.15, 0.2) is 65.6 Å². The molecule has 1 fully saturated rings. The number of thioether (sulfide) groups is 1. The fourth-order valence-corrected chi connectivity index (χ4v) is 6.43. The lowest BCUT2D eigenvalue weighted by Gasteiger charge is -2.36. The maximum Gasteiger partial charge on any atom is 0.264 e. The van der Waals surface area contributed by atoms with Crippen LogP contribution in [-0.4, -0.2) is 55.9 Å². The molecule has 1 aromatic heterocycles. The number of thiophene rings is 1. The van der Waals surface area contributed by atoms with E-state index in [0.29, 0.717) is 5.25 Å². The quantitative estimate of drug-likeness (QED) is 0.519. The van der Waals surface area contributed by atoms with Gasteiger partial charge in [0.2, 0.25) is 0 Å². The van der Waals surface area contributed by atoms with Gasteiger partial charge in [0, 0.05) is 54.6 Å². The van der Waals surface area contributed by atoms with Gasteiger partial charge in [-0.2, -0.15) is 0 Å². The van der Waals surface area contributed by atoms with Crippen LogP contribution in [0.25, 0.3) is 0 Å². The van der Waals surface area contributed by atoms with Crippen molar-refractivity contribution in [1.82, 2.24) is 4.90 Å². The molecule has 2 aromatic carbocycles. The van der Waals surface area contributed by atoms with Crippen LogP contribution in [0, 0.1) is 0 Å². The molecule has 32 heavy (non-hydrogen) atoms. The second-order valence-corrected chi connectivity index (χ2v) is 10.7. The smallest absolute Gasteiger partial charge is 0.264 e. The van der Waals surface area contributed by atoms with Crippen molar-refractivity contribution < 1.29 is 9.53 Å². The van der Waals surface area contributed by atoms with Gasteiger partial charge in [-0.05, 0) is 36.4 Å². The van der Waals surface area contributed by atoms with Gasteiger partial charge in [-0.3, -0.25) is 4.79 Å². The van der Waals surface area contributed by atoms with Crippen molar-refractivity contribution in [2.75, 3.05) is 49.6 Å². The molecule has 1 amide bonds. The minimum Gasteiger partial charge on any atom is -0.497 e. The number of nitrogens with zero attached hydrogens (tertiary/aromatic N) is 3. The maximum atomic E-state index is 13.2. The molecule has 2 aliphatic rings. The second kappa shape index (κ2) is 9.08. The van der Waals surface area contributed by atoms with Gasteiger partial charge < -0.3 is 19.4 Å². The molecule has 1 saturated heterocycles. The van der Waals surface area contributed by atoms with Crippen LogP contribution in [0.1, 0.15) is 16.6 Å². The maximum absolute atomic E-state index is 13.2. The Hall–Kier alpha value is -2.64.